The SMILES string of the molecule is Cc1ccc(S(=O)(=O)OCCNc2ccc([N+](=O)[O-])cc2[N+](=O)[O-])cc1. The molecule has 0 amide bonds. The summed E-state index contributed by atoms with van der Waals surface area (Å²) in [4.78, 5) is 20.2. The zero-order valence-electron chi connectivity index (χ0n) is 13.6. The molecule has 138 valence electrons. The number of hydrogen-bond acceptors (Lipinski definition) is 8. The summed E-state index contributed by atoms with van der Waals surface area (Å²) in [5, 5.41) is 24.3. The van der Waals surface area contributed by atoms with E-state index in [1.807, 2.05) is 6.92 Å². The van der Waals surface area contributed by atoms with Crippen molar-refractivity contribution < 1.29 is 22.4 Å². The van der Waals surface area contributed by atoms with Gasteiger partial charge in [0.25, 0.3) is 21.5 Å². The van der Waals surface area contributed by atoms with Gasteiger partial charge in [0.15, 0.2) is 0 Å². The quantitative estimate of drug-likeness (QED) is 0.318. The van der Waals surface area contributed by atoms with E-state index in [9.17, 15) is 28.6 Å². The summed E-state index contributed by atoms with van der Waals surface area (Å²) in [6.07, 6.45) is 0. The lowest BCUT2D eigenvalue weighted by Gasteiger charge is -2.08. The van der Waals surface area contributed by atoms with Gasteiger partial charge in [0.1, 0.15) is 5.69 Å². The van der Waals surface area contributed by atoms with Gasteiger partial charge in [0, 0.05) is 12.6 Å². The zero-order chi connectivity index (χ0) is 19.3. The first-order chi connectivity index (χ1) is 12.2. The zero-order valence-corrected chi connectivity index (χ0v) is 14.4. The standard InChI is InChI=1S/C15H15N3O7S/c1-11-2-5-13(6-3-11)26(23,24)25-9-8-16-14-7-4-12(17(19)20)10-15(14)18(21)22/h2-7,10,16H,8-9H2,1H3. The summed E-state index contributed by atoms with van der Waals surface area (Å²) in [6, 6.07) is 9.22. The second kappa shape index (κ2) is 7.89. The molecule has 0 aliphatic rings. The van der Waals surface area contributed by atoms with Crippen molar-refractivity contribution >= 4 is 27.2 Å². The van der Waals surface area contributed by atoms with E-state index in [-0.39, 0.29) is 23.7 Å². The van der Waals surface area contributed by atoms with Crippen LogP contribution in [-0.2, 0) is 14.3 Å². The molecule has 0 aromatic heterocycles. The van der Waals surface area contributed by atoms with Crippen LogP contribution in [0.3, 0.4) is 0 Å². The van der Waals surface area contributed by atoms with E-state index >= 15 is 0 Å². The van der Waals surface area contributed by atoms with E-state index in [0.29, 0.717) is 0 Å². The van der Waals surface area contributed by atoms with Crippen LogP contribution in [0.4, 0.5) is 17.1 Å². The van der Waals surface area contributed by atoms with Gasteiger partial charge in [0.05, 0.1) is 27.4 Å². The second-order valence-corrected chi connectivity index (χ2v) is 6.85. The Kier molecular flexibility index (Phi) is 5.85. The van der Waals surface area contributed by atoms with Gasteiger partial charge >= 0.3 is 0 Å². The Bertz CT molecular complexity index is 927. The Morgan fingerprint density at radius 3 is 2.27 bits per heavy atom. The molecule has 10 nitrogen and oxygen atoms in total. The molecule has 0 heterocycles. The van der Waals surface area contributed by atoms with Gasteiger partial charge in [0.2, 0.25) is 0 Å². The molecule has 0 fully saturated rings. The van der Waals surface area contributed by atoms with Crippen molar-refractivity contribution in [3.63, 3.8) is 0 Å². The van der Waals surface area contributed by atoms with Crippen LogP contribution in [0.2, 0.25) is 0 Å². The number of aryl methyl sites for hydroxylation is 1. The first-order valence-corrected chi connectivity index (χ1v) is 8.74. The van der Waals surface area contributed by atoms with E-state index < -0.39 is 31.3 Å². The fourth-order valence-corrected chi connectivity index (χ4v) is 2.95. The summed E-state index contributed by atoms with van der Waals surface area (Å²) >= 11 is 0. The summed E-state index contributed by atoms with van der Waals surface area (Å²) < 4.78 is 28.9. The largest absolute Gasteiger partial charge is 0.377 e. The topological polar surface area (TPSA) is 142 Å². The lowest BCUT2D eigenvalue weighted by Crippen LogP contribution is -2.15. The van der Waals surface area contributed by atoms with Crippen molar-refractivity contribution in [2.45, 2.75) is 11.8 Å². The van der Waals surface area contributed by atoms with Gasteiger partial charge in [-0.25, -0.2) is 0 Å². The Morgan fingerprint density at radius 2 is 1.69 bits per heavy atom. The Morgan fingerprint density at radius 1 is 1.04 bits per heavy atom. The molecule has 0 unspecified atom stereocenters. The van der Waals surface area contributed by atoms with E-state index in [0.717, 1.165) is 17.7 Å². The predicted octanol–water partition coefficient (Wildman–Crippen LogP) is 2.63. The highest BCUT2D eigenvalue weighted by Crippen LogP contribution is 2.28. The van der Waals surface area contributed by atoms with Gasteiger partial charge in [-0.1, -0.05) is 17.7 Å². The Balaban J connectivity index is 2.00. The minimum absolute atomic E-state index is 0.00409. The third kappa shape index (κ3) is 4.74. The number of anilines is 1. The molecule has 2 rings (SSSR count). The number of nitro groups is 2. The van der Waals surface area contributed by atoms with Crippen LogP contribution < -0.4 is 5.32 Å². The minimum Gasteiger partial charge on any atom is -0.377 e. The Hall–Kier alpha value is -3.05. The molecule has 11 heteroatoms. The van der Waals surface area contributed by atoms with Crippen molar-refractivity contribution in [3.05, 3.63) is 68.3 Å². The van der Waals surface area contributed by atoms with Crippen molar-refractivity contribution in [3.8, 4) is 0 Å². The summed E-state index contributed by atoms with van der Waals surface area (Å²) in [7, 11) is -3.94. The van der Waals surface area contributed by atoms with E-state index in [4.69, 9.17) is 4.18 Å². The van der Waals surface area contributed by atoms with Crippen molar-refractivity contribution in [2.75, 3.05) is 18.5 Å². The molecule has 0 bridgehead atoms. The highest BCUT2D eigenvalue weighted by atomic mass is 32.2. The highest BCUT2D eigenvalue weighted by molar-refractivity contribution is 7.86. The van der Waals surface area contributed by atoms with Crippen molar-refractivity contribution in [1.29, 1.82) is 0 Å². The monoisotopic (exact) mass is 381 g/mol. The molecular formula is C15H15N3O7S. The van der Waals surface area contributed by atoms with Crippen LogP contribution in [0.1, 0.15) is 5.56 Å². The van der Waals surface area contributed by atoms with Gasteiger partial charge in [-0.05, 0) is 25.1 Å². The average Bonchev–Trinajstić information content (AvgIpc) is 2.59. The maximum atomic E-state index is 12.0. The number of benzene rings is 2. The lowest BCUT2D eigenvalue weighted by molar-refractivity contribution is -0.393. The summed E-state index contributed by atoms with van der Waals surface area (Å²) in [5.41, 5.74) is 0.0223. The summed E-state index contributed by atoms with van der Waals surface area (Å²) in [5.74, 6) is 0. The molecule has 1 N–H and O–H groups in total. The fraction of sp³-hybridized carbons (Fsp3) is 0.200. The number of non-ortho nitro benzene ring substituents is 1. The van der Waals surface area contributed by atoms with Crippen LogP contribution in [-0.4, -0.2) is 31.4 Å². The molecule has 26 heavy (non-hydrogen) atoms. The molecule has 0 aliphatic carbocycles. The second-order valence-electron chi connectivity index (χ2n) is 5.23. The van der Waals surface area contributed by atoms with Crippen LogP contribution >= 0.6 is 0 Å². The van der Waals surface area contributed by atoms with Crippen molar-refractivity contribution in [2.24, 2.45) is 0 Å². The number of rotatable bonds is 8. The van der Waals surface area contributed by atoms with Gasteiger partial charge < -0.3 is 5.32 Å². The Labute approximate surface area is 148 Å². The highest BCUT2D eigenvalue weighted by Gasteiger charge is 2.19. The average molecular weight is 381 g/mol. The molecule has 0 radical (unpaired) electrons. The van der Waals surface area contributed by atoms with Gasteiger partial charge in [-0.2, -0.15) is 8.42 Å². The minimum atomic E-state index is -3.94. The number of nitro benzene ring substituents is 2. The molecule has 2 aromatic rings. The molecular weight excluding hydrogens is 366 g/mol. The number of nitrogens with zero attached hydrogens (tertiary/aromatic N) is 2. The first kappa shape index (κ1) is 19.3. The molecule has 0 saturated heterocycles. The number of hydrogen-bond donors (Lipinski definition) is 1. The smallest absolute Gasteiger partial charge is 0.299 e. The first-order valence-electron chi connectivity index (χ1n) is 7.33. The molecule has 0 atom stereocenters. The van der Waals surface area contributed by atoms with Crippen molar-refractivity contribution in [1.82, 2.24) is 0 Å². The van der Waals surface area contributed by atoms with Crippen LogP contribution in [0.15, 0.2) is 47.4 Å². The number of nitrogens with one attached hydrogen (secondary N) is 1. The maximum Gasteiger partial charge on any atom is 0.299 e. The molecule has 0 saturated carbocycles. The third-order valence-corrected chi connectivity index (χ3v) is 4.68. The summed E-state index contributed by atoms with van der Waals surface area (Å²) in [6.45, 7) is 1.49. The molecule has 0 aliphatic heterocycles. The van der Waals surface area contributed by atoms with E-state index in [2.05, 4.69) is 5.32 Å². The van der Waals surface area contributed by atoms with Gasteiger partial charge in [-0.3, -0.25) is 24.4 Å². The van der Waals surface area contributed by atoms with Gasteiger partial charge in [-0.15, -0.1) is 0 Å². The van der Waals surface area contributed by atoms with Crippen LogP contribution in [0.25, 0.3) is 0 Å². The van der Waals surface area contributed by atoms with E-state index in [1.165, 1.54) is 18.2 Å². The normalized spacial score (nSPS) is 11.1. The third-order valence-electron chi connectivity index (χ3n) is 3.35. The molecule has 2 aromatic carbocycles. The predicted molar refractivity (Wildman–Crippen MR) is 92.6 cm³/mol. The van der Waals surface area contributed by atoms with Crippen LogP contribution in [0.5, 0.6) is 0 Å². The van der Waals surface area contributed by atoms with Crippen LogP contribution in [0, 0.1) is 27.2 Å². The maximum absolute atomic E-state index is 12.0. The molecule has 0 spiro atoms. The lowest BCUT2D eigenvalue weighted by atomic mass is 10.2. The fourth-order valence-electron chi connectivity index (χ4n) is 2.04. The van der Waals surface area contributed by atoms with E-state index in [1.54, 1.807) is 12.1 Å².